The zero-order valence-electron chi connectivity index (χ0n) is 14.3. The van der Waals surface area contributed by atoms with Crippen LogP contribution in [0, 0.1) is 11.3 Å². The molecule has 1 rings (SSSR count). The molecule has 0 spiro atoms. The maximum atomic E-state index is 12.0. The van der Waals surface area contributed by atoms with Gasteiger partial charge in [-0.05, 0) is 24.7 Å². The van der Waals surface area contributed by atoms with Crippen molar-refractivity contribution in [2.24, 2.45) is 11.3 Å². The molecule has 0 aromatic heterocycles. The molecule has 1 saturated carbocycles. The fourth-order valence-corrected chi connectivity index (χ4v) is 3.01. The van der Waals surface area contributed by atoms with E-state index in [4.69, 9.17) is 0 Å². The average molecular weight is 312 g/mol. The SMILES string of the molecule is CC(C)(C)CC(CO)NC(=O)CCNC(=O)C1CCCCC1. The Kier molecular flexibility index (Phi) is 7.87. The molecule has 1 aliphatic rings. The van der Waals surface area contributed by atoms with E-state index in [2.05, 4.69) is 31.4 Å². The van der Waals surface area contributed by atoms with E-state index < -0.39 is 0 Å². The van der Waals surface area contributed by atoms with Crippen LogP contribution in [0.3, 0.4) is 0 Å². The zero-order valence-corrected chi connectivity index (χ0v) is 14.3. The van der Waals surface area contributed by atoms with Crippen molar-refractivity contribution in [2.45, 2.75) is 71.8 Å². The second kappa shape index (κ2) is 9.13. The highest BCUT2D eigenvalue weighted by atomic mass is 16.3. The number of carbonyl (C=O) groups is 2. The minimum Gasteiger partial charge on any atom is -0.394 e. The third-order valence-electron chi connectivity index (χ3n) is 4.07. The van der Waals surface area contributed by atoms with Crippen molar-refractivity contribution in [3.8, 4) is 0 Å². The number of amides is 2. The number of rotatable bonds is 7. The molecule has 1 atom stereocenters. The van der Waals surface area contributed by atoms with Gasteiger partial charge >= 0.3 is 0 Å². The molecule has 0 aromatic rings. The second-order valence-electron chi connectivity index (χ2n) is 7.59. The minimum atomic E-state index is -0.221. The van der Waals surface area contributed by atoms with Crippen molar-refractivity contribution in [1.29, 1.82) is 0 Å². The summed E-state index contributed by atoms with van der Waals surface area (Å²) in [5.41, 5.74) is 0.0515. The summed E-state index contributed by atoms with van der Waals surface area (Å²) in [7, 11) is 0. The van der Waals surface area contributed by atoms with E-state index in [0.29, 0.717) is 6.54 Å². The average Bonchev–Trinajstić information content (AvgIpc) is 2.46. The highest BCUT2D eigenvalue weighted by Crippen LogP contribution is 2.23. The predicted molar refractivity (Wildman–Crippen MR) is 87.3 cm³/mol. The molecule has 2 amide bonds. The van der Waals surface area contributed by atoms with Crippen LogP contribution in [0.25, 0.3) is 0 Å². The van der Waals surface area contributed by atoms with Gasteiger partial charge in [0.1, 0.15) is 0 Å². The van der Waals surface area contributed by atoms with Crippen molar-refractivity contribution in [2.75, 3.05) is 13.2 Å². The Balaban J connectivity index is 2.23. The molecular formula is C17H32N2O3. The lowest BCUT2D eigenvalue weighted by molar-refractivity contribution is -0.126. The summed E-state index contributed by atoms with van der Waals surface area (Å²) < 4.78 is 0. The molecule has 128 valence electrons. The Labute approximate surface area is 134 Å². The van der Waals surface area contributed by atoms with Crippen LogP contribution in [0.15, 0.2) is 0 Å². The predicted octanol–water partition coefficient (Wildman–Crippen LogP) is 1.99. The molecule has 1 fully saturated rings. The largest absolute Gasteiger partial charge is 0.394 e. The van der Waals surface area contributed by atoms with E-state index in [1.165, 1.54) is 6.42 Å². The van der Waals surface area contributed by atoms with Gasteiger partial charge in [0.2, 0.25) is 11.8 Å². The molecule has 0 heterocycles. The molecule has 3 N–H and O–H groups in total. The van der Waals surface area contributed by atoms with Crippen LogP contribution in [-0.4, -0.2) is 36.1 Å². The van der Waals surface area contributed by atoms with Crippen LogP contribution in [0.5, 0.6) is 0 Å². The van der Waals surface area contributed by atoms with Gasteiger partial charge in [-0.3, -0.25) is 9.59 Å². The van der Waals surface area contributed by atoms with Crippen LogP contribution >= 0.6 is 0 Å². The number of hydrogen-bond acceptors (Lipinski definition) is 3. The van der Waals surface area contributed by atoms with E-state index in [9.17, 15) is 14.7 Å². The fourth-order valence-electron chi connectivity index (χ4n) is 3.01. The molecule has 0 aliphatic heterocycles. The van der Waals surface area contributed by atoms with E-state index in [-0.39, 0.29) is 42.2 Å². The topological polar surface area (TPSA) is 78.4 Å². The van der Waals surface area contributed by atoms with Crippen LogP contribution in [-0.2, 0) is 9.59 Å². The summed E-state index contributed by atoms with van der Waals surface area (Å²) in [5, 5.41) is 15.0. The second-order valence-corrected chi connectivity index (χ2v) is 7.59. The van der Waals surface area contributed by atoms with Gasteiger partial charge in [0, 0.05) is 18.9 Å². The first kappa shape index (κ1) is 18.9. The number of aliphatic hydroxyl groups is 1. The Hall–Kier alpha value is -1.10. The third kappa shape index (κ3) is 7.78. The van der Waals surface area contributed by atoms with Crippen LogP contribution in [0.1, 0.15) is 65.7 Å². The van der Waals surface area contributed by atoms with Gasteiger partial charge < -0.3 is 15.7 Å². The van der Waals surface area contributed by atoms with Gasteiger partial charge in [0.05, 0.1) is 12.6 Å². The molecule has 0 bridgehead atoms. The Morgan fingerprint density at radius 2 is 1.82 bits per heavy atom. The van der Waals surface area contributed by atoms with Crippen LogP contribution in [0.4, 0.5) is 0 Å². The summed E-state index contributed by atoms with van der Waals surface area (Å²) in [6, 6.07) is -0.221. The van der Waals surface area contributed by atoms with E-state index in [1.54, 1.807) is 0 Å². The fraction of sp³-hybridized carbons (Fsp3) is 0.882. The van der Waals surface area contributed by atoms with Crippen molar-refractivity contribution < 1.29 is 14.7 Å². The molecule has 5 nitrogen and oxygen atoms in total. The van der Waals surface area contributed by atoms with Crippen molar-refractivity contribution in [3.63, 3.8) is 0 Å². The molecular weight excluding hydrogens is 280 g/mol. The highest BCUT2D eigenvalue weighted by Gasteiger charge is 2.22. The first-order valence-corrected chi connectivity index (χ1v) is 8.50. The number of nitrogens with one attached hydrogen (secondary N) is 2. The maximum absolute atomic E-state index is 12.0. The summed E-state index contributed by atoms with van der Waals surface area (Å²) in [5.74, 6) is 0.0936. The van der Waals surface area contributed by atoms with Gasteiger partial charge in [-0.2, -0.15) is 0 Å². The summed E-state index contributed by atoms with van der Waals surface area (Å²) in [6.07, 6.45) is 6.41. The molecule has 5 heteroatoms. The Morgan fingerprint density at radius 1 is 1.18 bits per heavy atom. The summed E-state index contributed by atoms with van der Waals surface area (Å²) >= 11 is 0. The van der Waals surface area contributed by atoms with Gasteiger partial charge in [0.15, 0.2) is 0 Å². The number of carbonyl (C=O) groups excluding carboxylic acids is 2. The Morgan fingerprint density at radius 3 is 2.36 bits per heavy atom. The monoisotopic (exact) mass is 312 g/mol. The van der Waals surface area contributed by atoms with Crippen molar-refractivity contribution in [3.05, 3.63) is 0 Å². The normalized spacial score (nSPS) is 17.8. The first-order chi connectivity index (χ1) is 10.3. The molecule has 22 heavy (non-hydrogen) atoms. The minimum absolute atomic E-state index is 0.0515. The molecule has 1 aliphatic carbocycles. The molecule has 0 aromatic carbocycles. The van der Waals surface area contributed by atoms with E-state index >= 15 is 0 Å². The summed E-state index contributed by atoms with van der Waals surface area (Å²) in [4.78, 5) is 23.8. The lowest BCUT2D eigenvalue weighted by atomic mass is 9.88. The third-order valence-corrected chi connectivity index (χ3v) is 4.07. The van der Waals surface area contributed by atoms with Crippen molar-refractivity contribution in [1.82, 2.24) is 10.6 Å². The molecule has 0 radical (unpaired) electrons. The lowest BCUT2D eigenvalue weighted by Gasteiger charge is -2.25. The van der Waals surface area contributed by atoms with E-state index in [1.807, 2.05) is 0 Å². The Bertz CT molecular complexity index is 357. The first-order valence-electron chi connectivity index (χ1n) is 8.50. The highest BCUT2D eigenvalue weighted by molar-refractivity contribution is 5.80. The van der Waals surface area contributed by atoms with Crippen LogP contribution < -0.4 is 10.6 Å². The van der Waals surface area contributed by atoms with Gasteiger partial charge in [-0.15, -0.1) is 0 Å². The maximum Gasteiger partial charge on any atom is 0.223 e. The lowest BCUT2D eigenvalue weighted by Crippen LogP contribution is -2.41. The quantitative estimate of drug-likeness (QED) is 0.672. The van der Waals surface area contributed by atoms with Gasteiger partial charge in [-0.1, -0.05) is 40.0 Å². The smallest absolute Gasteiger partial charge is 0.223 e. The number of hydrogen-bond donors (Lipinski definition) is 3. The van der Waals surface area contributed by atoms with Gasteiger partial charge in [0.25, 0.3) is 0 Å². The van der Waals surface area contributed by atoms with Gasteiger partial charge in [-0.25, -0.2) is 0 Å². The molecule has 0 saturated heterocycles. The summed E-state index contributed by atoms with van der Waals surface area (Å²) in [6.45, 7) is 6.54. The molecule has 1 unspecified atom stereocenters. The van der Waals surface area contributed by atoms with E-state index in [0.717, 1.165) is 32.1 Å². The zero-order chi connectivity index (χ0) is 16.6. The van der Waals surface area contributed by atoms with Crippen molar-refractivity contribution >= 4 is 11.8 Å². The van der Waals surface area contributed by atoms with Crippen LogP contribution in [0.2, 0.25) is 0 Å². The number of aliphatic hydroxyl groups excluding tert-OH is 1. The standard InChI is InChI=1S/C17H32N2O3/c1-17(2,3)11-14(12-20)19-15(21)9-10-18-16(22)13-7-5-4-6-8-13/h13-14,20H,4-12H2,1-3H3,(H,18,22)(H,19,21).